The molecule has 0 spiro atoms. The minimum Gasteiger partial charge on any atom is -0.467 e. The zero-order valence-electron chi connectivity index (χ0n) is 12.7. The number of hydrogen-bond acceptors (Lipinski definition) is 4. The van der Waals surface area contributed by atoms with Gasteiger partial charge in [-0.05, 0) is 36.4 Å². The van der Waals surface area contributed by atoms with E-state index in [0.717, 1.165) is 12.1 Å². The van der Waals surface area contributed by atoms with Crippen molar-refractivity contribution in [2.24, 2.45) is 0 Å². The van der Waals surface area contributed by atoms with Gasteiger partial charge in [-0.15, -0.1) is 0 Å². The summed E-state index contributed by atoms with van der Waals surface area (Å²) in [7, 11) is 0. The van der Waals surface area contributed by atoms with Crippen LogP contribution in [0.4, 0.5) is 24.5 Å². The first-order valence-corrected chi connectivity index (χ1v) is 7.22. The highest BCUT2D eigenvalue weighted by atomic mass is 19.2. The molecule has 0 aliphatic carbocycles. The molecule has 1 amide bonds. The highest BCUT2D eigenvalue weighted by Gasteiger charge is 2.14. The third kappa shape index (κ3) is 3.79. The minimum atomic E-state index is -1.56. The van der Waals surface area contributed by atoms with Gasteiger partial charge in [0, 0.05) is 0 Å². The number of nitrogens with zero attached hydrogens (tertiary/aromatic N) is 1. The summed E-state index contributed by atoms with van der Waals surface area (Å²) in [6.07, 6.45) is 2.78. The zero-order valence-corrected chi connectivity index (χ0v) is 12.7. The van der Waals surface area contributed by atoms with Gasteiger partial charge in [-0.25, -0.2) is 18.2 Å². The Morgan fingerprint density at radius 3 is 2.60 bits per heavy atom. The first-order chi connectivity index (χ1) is 12.0. The predicted octanol–water partition coefficient (Wildman–Crippen LogP) is 3.77. The number of amides is 1. The molecule has 0 aliphatic rings. The second-order valence-corrected chi connectivity index (χ2v) is 5.04. The molecule has 0 fully saturated rings. The summed E-state index contributed by atoms with van der Waals surface area (Å²) in [6, 6.07) is 8.18. The van der Waals surface area contributed by atoms with Crippen LogP contribution in [0.2, 0.25) is 0 Å². The van der Waals surface area contributed by atoms with E-state index in [2.05, 4.69) is 15.6 Å². The van der Waals surface area contributed by atoms with Gasteiger partial charge in [0.15, 0.2) is 17.5 Å². The predicted molar refractivity (Wildman–Crippen MR) is 83.7 cm³/mol. The van der Waals surface area contributed by atoms with E-state index in [1.807, 2.05) is 0 Å². The lowest BCUT2D eigenvalue weighted by Crippen LogP contribution is -2.23. The molecule has 25 heavy (non-hydrogen) atoms. The summed E-state index contributed by atoms with van der Waals surface area (Å²) < 4.78 is 44.8. The SMILES string of the molecule is O=C(NCc1ccco1)c1ccc(Nc2ccc(F)c(F)c2F)cn1. The molecular formula is C17H12F3N3O2. The van der Waals surface area contributed by atoms with E-state index in [1.54, 1.807) is 12.1 Å². The quantitative estimate of drug-likeness (QED) is 0.690. The van der Waals surface area contributed by atoms with Crippen LogP contribution in [0.25, 0.3) is 0 Å². The lowest BCUT2D eigenvalue weighted by atomic mass is 10.2. The largest absolute Gasteiger partial charge is 0.467 e. The fourth-order valence-corrected chi connectivity index (χ4v) is 2.05. The van der Waals surface area contributed by atoms with Crippen molar-refractivity contribution in [3.05, 3.63) is 77.8 Å². The number of halogens is 3. The molecule has 3 rings (SSSR count). The molecule has 2 heterocycles. The molecule has 3 aromatic rings. The molecule has 0 saturated heterocycles. The third-order valence-corrected chi connectivity index (χ3v) is 3.31. The summed E-state index contributed by atoms with van der Waals surface area (Å²) >= 11 is 0. The Balaban J connectivity index is 1.66. The van der Waals surface area contributed by atoms with Crippen molar-refractivity contribution in [1.29, 1.82) is 0 Å². The van der Waals surface area contributed by atoms with E-state index >= 15 is 0 Å². The van der Waals surface area contributed by atoms with E-state index < -0.39 is 23.4 Å². The Morgan fingerprint density at radius 1 is 1.08 bits per heavy atom. The van der Waals surface area contributed by atoms with Crippen LogP contribution >= 0.6 is 0 Å². The number of carbonyl (C=O) groups excluding carboxylic acids is 1. The molecule has 8 heteroatoms. The molecule has 0 radical (unpaired) electrons. The van der Waals surface area contributed by atoms with E-state index in [1.165, 1.54) is 24.6 Å². The molecule has 5 nitrogen and oxygen atoms in total. The average molecular weight is 347 g/mol. The van der Waals surface area contributed by atoms with Crippen molar-refractivity contribution >= 4 is 17.3 Å². The van der Waals surface area contributed by atoms with E-state index in [9.17, 15) is 18.0 Å². The van der Waals surface area contributed by atoms with Gasteiger partial charge in [0.1, 0.15) is 11.5 Å². The van der Waals surface area contributed by atoms with Crippen molar-refractivity contribution in [3.63, 3.8) is 0 Å². The third-order valence-electron chi connectivity index (χ3n) is 3.31. The Morgan fingerprint density at radius 2 is 1.92 bits per heavy atom. The van der Waals surface area contributed by atoms with Crippen molar-refractivity contribution in [2.75, 3.05) is 5.32 Å². The normalized spacial score (nSPS) is 10.5. The monoisotopic (exact) mass is 347 g/mol. The number of carbonyl (C=O) groups is 1. The number of pyridine rings is 1. The summed E-state index contributed by atoms with van der Waals surface area (Å²) in [5, 5.41) is 5.20. The number of benzene rings is 1. The molecule has 2 aromatic heterocycles. The van der Waals surface area contributed by atoms with Crippen molar-refractivity contribution in [3.8, 4) is 0 Å². The van der Waals surface area contributed by atoms with Crippen LogP contribution in [0.3, 0.4) is 0 Å². The second kappa shape index (κ2) is 7.08. The van der Waals surface area contributed by atoms with Gasteiger partial charge in [-0.1, -0.05) is 0 Å². The van der Waals surface area contributed by atoms with E-state index in [-0.39, 0.29) is 17.9 Å². The number of rotatable bonds is 5. The minimum absolute atomic E-state index is 0.142. The van der Waals surface area contributed by atoms with Crippen LogP contribution in [0, 0.1) is 17.5 Å². The average Bonchev–Trinajstić information content (AvgIpc) is 3.14. The molecular weight excluding hydrogens is 335 g/mol. The first kappa shape index (κ1) is 16.6. The Kier molecular flexibility index (Phi) is 4.69. The van der Waals surface area contributed by atoms with Gasteiger partial charge >= 0.3 is 0 Å². The highest BCUT2D eigenvalue weighted by molar-refractivity contribution is 5.92. The van der Waals surface area contributed by atoms with Crippen LogP contribution in [0.5, 0.6) is 0 Å². The first-order valence-electron chi connectivity index (χ1n) is 7.22. The fourth-order valence-electron chi connectivity index (χ4n) is 2.05. The standard InChI is InChI=1S/C17H12F3N3O2/c18-12-4-6-13(16(20)15(12)19)23-10-3-5-14(21-8-10)17(24)22-9-11-2-1-7-25-11/h1-8,23H,9H2,(H,22,24). The van der Waals surface area contributed by atoms with Gasteiger partial charge in [0.2, 0.25) is 0 Å². The van der Waals surface area contributed by atoms with Gasteiger partial charge in [-0.3, -0.25) is 4.79 Å². The Hall–Kier alpha value is -3.29. The fraction of sp³-hybridized carbons (Fsp3) is 0.0588. The molecule has 0 atom stereocenters. The Labute approximate surface area is 140 Å². The molecule has 1 aromatic carbocycles. The van der Waals surface area contributed by atoms with E-state index in [0.29, 0.717) is 11.4 Å². The molecule has 2 N–H and O–H groups in total. The van der Waals surface area contributed by atoms with Gasteiger partial charge in [0.25, 0.3) is 5.91 Å². The molecule has 0 saturated carbocycles. The van der Waals surface area contributed by atoms with Gasteiger partial charge < -0.3 is 15.1 Å². The smallest absolute Gasteiger partial charge is 0.270 e. The number of anilines is 2. The lowest BCUT2D eigenvalue weighted by Gasteiger charge is -2.09. The topological polar surface area (TPSA) is 67.2 Å². The number of aromatic nitrogens is 1. The van der Waals surface area contributed by atoms with Crippen LogP contribution in [-0.4, -0.2) is 10.9 Å². The highest BCUT2D eigenvalue weighted by Crippen LogP contribution is 2.23. The molecule has 0 aliphatic heterocycles. The van der Waals surface area contributed by atoms with Crippen molar-refractivity contribution in [1.82, 2.24) is 10.3 Å². The van der Waals surface area contributed by atoms with Crippen molar-refractivity contribution < 1.29 is 22.4 Å². The molecule has 0 bridgehead atoms. The lowest BCUT2D eigenvalue weighted by molar-refractivity contribution is 0.0943. The van der Waals surface area contributed by atoms with Crippen LogP contribution in [0.15, 0.2) is 53.3 Å². The van der Waals surface area contributed by atoms with Crippen LogP contribution in [0.1, 0.15) is 16.2 Å². The molecule has 0 unspecified atom stereocenters. The van der Waals surface area contributed by atoms with Crippen molar-refractivity contribution in [2.45, 2.75) is 6.54 Å². The van der Waals surface area contributed by atoms with Gasteiger partial charge in [0.05, 0.1) is 30.4 Å². The van der Waals surface area contributed by atoms with E-state index in [4.69, 9.17) is 4.42 Å². The summed E-state index contributed by atoms with van der Waals surface area (Å²) in [5.74, 6) is -3.99. The zero-order chi connectivity index (χ0) is 17.8. The number of hydrogen-bond donors (Lipinski definition) is 2. The summed E-state index contributed by atoms with van der Waals surface area (Å²) in [4.78, 5) is 15.9. The maximum absolute atomic E-state index is 13.6. The van der Waals surface area contributed by atoms with Gasteiger partial charge in [-0.2, -0.15) is 0 Å². The Bertz CT molecular complexity index is 881. The van der Waals surface area contributed by atoms with Crippen LogP contribution < -0.4 is 10.6 Å². The molecule has 128 valence electrons. The number of furan rings is 1. The maximum atomic E-state index is 13.6. The second-order valence-electron chi connectivity index (χ2n) is 5.04. The number of nitrogens with one attached hydrogen (secondary N) is 2. The summed E-state index contributed by atoms with van der Waals surface area (Å²) in [5.41, 5.74) is 0.214. The maximum Gasteiger partial charge on any atom is 0.270 e. The summed E-state index contributed by atoms with van der Waals surface area (Å²) in [6.45, 7) is 0.216. The van der Waals surface area contributed by atoms with Crippen LogP contribution in [-0.2, 0) is 6.54 Å².